The van der Waals surface area contributed by atoms with E-state index in [0.717, 1.165) is 25.3 Å². The fourth-order valence-electron chi connectivity index (χ4n) is 3.32. The number of hydrogen-bond acceptors (Lipinski definition) is 5. The molecule has 0 amide bonds. The largest absolute Gasteiger partial charge is 0.351 e. The van der Waals surface area contributed by atoms with Gasteiger partial charge in [-0.15, -0.1) is 26.6 Å². The van der Waals surface area contributed by atoms with Crippen LogP contribution in [0.15, 0.2) is 60.0 Å². The number of thiophene rings is 1. The monoisotopic (exact) mass is 377 g/mol. The van der Waals surface area contributed by atoms with Gasteiger partial charge in [-0.05, 0) is 47.7 Å². The van der Waals surface area contributed by atoms with Gasteiger partial charge in [0.15, 0.2) is 11.5 Å². The molecule has 27 heavy (non-hydrogen) atoms. The molecule has 0 unspecified atom stereocenters. The molecule has 0 spiro atoms. The number of aromatic nitrogens is 4. The molecule has 0 atom stereocenters. The van der Waals surface area contributed by atoms with Gasteiger partial charge < -0.3 is 4.90 Å². The van der Waals surface area contributed by atoms with E-state index in [0.29, 0.717) is 17.0 Å². The maximum Gasteiger partial charge on any atom is 0.188 e. The molecule has 0 saturated heterocycles. The Morgan fingerprint density at radius 3 is 2.70 bits per heavy atom. The van der Waals surface area contributed by atoms with Crippen LogP contribution in [-0.2, 0) is 0 Å². The molecule has 0 aliphatic carbocycles. The van der Waals surface area contributed by atoms with Gasteiger partial charge in [0.1, 0.15) is 11.6 Å². The number of anilines is 1. The minimum Gasteiger partial charge on any atom is -0.351 e. The van der Waals surface area contributed by atoms with Gasteiger partial charge in [0.25, 0.3) is 0 Å². The molecule has 0 saturated carbocycles. The molecule has 0 N–H and O–H groups in total. The minimum atomic E-state index is -0.333. The molecule has 134 valence electrons. The molecule has 0 fully saturated rings. The first-order valence-corrected chi connectivity index (χ1v) is 9.63. The summed E-state index contributed by atoms with van der Waals surface area (Å²) in [6, 6.07) is 14.6. The van der Waals surface area contributed by atoms with E-state index in [2.05, 4.69) is 43.8 Å². The normalized spacial score (nSPS) is 14.6. The van der Waals surface area contributed by atoms with Crippen LogP contribution in [0.25, 0.3) is 22.6 Å². The first kappa shape index (κ1) is 16.1. The minimum absolute atomic E-state index is 0.333. The van der Waals surface area contributed by atoms with Crippen LogP contribution >= 0.6 is 11.3 Å². The zero-order valence-electron chi connectivity index (χ0n) is 14.4. The lowest BCUT2D eigenvalue weighted by Crippen LogP contribution is -2.29. The molecular weight excluding hydrogens is 361 g/mol. The van der Waals surface area contributed by atoms with E-state index >= 15 is 0 Å². The van der Waals surface area contributed by atoms with Crippen LogP contribution in [0.2, 0.25) is 0 Å². The van der Waals surface area contributed by atoms with Crippen LogP contribution in [0.4, 0.5) is 10.2 Å². The lowest BCUT2D eigenvalue weighted by atomic mass is 10.1. The van der Waals surface area contributed by atoms with Gasteiger partial charge in [-0.25, -0.2) is 4.39 Å². The molecular formula is C20H16FN5S. The van der Waals surface area contributed by atoms with E-state index < -0.39 is 0 Å². The molecule has 1 aliphatic rings. The van der Waals surface area contributed by atoms with Gasteiger partial charge in [-0.1, -0.05) is 24.3 Å². The van der Waals surface area contributed by atoms with Crippen LogP contribution in [-0.4, -0.2) is 32.9 Å². The molecule has 1 aromatic carbocycles. The van der Waals surface area contributed by atoms with Gasteiger partial charge in [-0.2, -0.15) is 4.52 Å². The quantitative estimate of drug-likeness (QED) is 0.534. The van der Waals surface area contributed by atoms with Gasteiger partial charge in [0.2, 0.25) is 0 Å². The number of halogens is 1. The highest BCUT2D eigenvalue weighted by atomic mass is 32.1. The standard InChI is InChI=1S/C20H16FN5S/c21-16-5-2-1-4-15(16)20-23-22-18-7-8-19(24-26(18)20)25-11-9-14(10-12-25)17-6-3-13-27-17/h1-9,13H,10-12H2. The Labute approximate surface area is 159 Å². The van der Waals surface area contributed by atoms with E-state index in [1.54, 1.807) is 34.1 Å². The smallest absolute Gasteiger partial charge is 0.188 e. The molecule has 5 rings (SSSR count). The summed E-state index contributed by atoms with van der Waals surface area (Å²) in [7, 11) is 0. The Hall–Kier alpha value is -3.06. The van der Waals surface area contributed by atoms with Gasteiger partial charge in [0, 0.05) is 18.0 Å². The molecule has 4 aromatic rings. The van der Waals surface area contributed by atoms with Crippen LogP contribution in [0.5, 0.6) is 0 Å². The Bertz CT molecular complexity index is 1130. The fraction of sp³-hybridized carbons (Fsp3) is 0.150. The van der Waals surface area contributed by atoms with E-state index in [4.69, 9.17) is 0 Å². The summed E-state index contributed by atoms with van der Waals surface area (Å²) in [5.41, 5.74) is 2.38. The van der Waals surface area contributed by atoms with Crippen LogP contribution < -0.4 is 4.90 Å². The third kappa shape index (κ3) is 2.90. The van der Waals surface area contributed by atoms with Crippen molar-refractivity contribution in [2.24, 2.45) is 0 Å². The number of nitrogens with zero attached hydrogens (tertiary/aromatic N) is 5. The summed E-state index contributed by atoms with van der Waals surface area (Å²) >= 11 is 1.77. The van der Waals surface area contributed by atoms with Crippen molar-refractivity contribution in [3.63, 3.8) is 0 Å². The molecule has 3 aromatic heterocycles. The number of fused-ring (bicyclic) bond motifs is 1. The maximum atomic E-state index is 14.2. The Balaban J connectivity index is 1.49. The fourth-order valence-corrected chi connectivity index (χ4v) is 4.12. The summed E-state index contributed by atoms with van der Waals surface area (Å²) in [5.74, 6) is 0.915. The maximum absolute atomic E-state index is 14.2. The second kappa shape index (κ2) is 6.59. The van der Waals surface area contributed by atoms with Crippen LogP contribution in [0.3, 0.4) is 0 Å². The van der Waals surface area contributed by atoms with Crippen LogP contribution in [0.1, 0.15) is 11.3 Å². The summed E-state index contributed by atoms with van der Waals surface area (Å²) in [4.78, 5) is 3.54. The van der Waals surface area contributed by atoms with Crippen molar-refractivity contribution in [1.82, 2.24) is 19.8 Å². The van der Waals surface area contributed by atoms with Gasteiger partial charge >= 0.3 is 0 Å². The van der Waals surface area contributed by atoms with Crippen molar-refractivity contribution in [3.05, 3.63) is 70.7 Å². The predicted molar refractivity (Wildman–Crippen MR) is 105 cm³/mol. The molecule has 5 nitrogen and oxygen atoms in total. The lowest BCUT2D eigenvalue weighted by Gasteiger charge is -2.27. The molecule has 0 bridgehead atoms. The summed E-state index contributed by atoms with van der Waals surface area (Å²) < 4.78 is 15.8. The third-order valence-electron chi connectivity index (χ3n) is 4.73. The highest BCUT2D eigenvalue weighted by molar-refractivity contribution is 7.11. The van der Waals surface area contributed by atoms with Gasteiger partial charge in [-0.3, -0.25) is 0 Å². The molecule has 4 heterocycles. The van der Waals surface area contributed by atoms with Crippen molar-refractivity contribution >= 4 is 28.4 Å². The van der Waals surface area contributed by atoms with Crippen molar-refractivity contribution in [3.8, 4) is 11.4 Å². The van der Waals surface area contributed by atoms with E-state index in [1.165, 1.54) is 16.5 Å². The number of hydrogen-bond donors (Lipinski definition) is 0. The highest BCUT2D eigenvalue weighted by Gasteiger charge is 2.18. The number of benzene rings is 1. The second-order valence-electron chi connectivity index (χ2n) is 6.37. The summed E-state index contributed by atoms with van der Waals surface area (Å²) in [5, 5.41) is 15.1. The topological polar surface area (TPSA) is 46.3 Å². The van der Waals surface area contributed by atoms with Gasteiger partial charge in [0.05, 0.1) is 5.56 Å². The van der Waals surface area contributed by atoms with Crippen molar-refractivity contribution in [2.45, 2.75) is 6.42 Å². The zero-order valence-corrected chi connectivity index (χ0v) is 15.2. The van der Waals surface area contributed by atoms with Crippen molar-refractivity contribution in [2.75, 3.05) is 18.0 Å². The highest BCUT2D eigenvalue weighted by Crippen LogP contribution is 2.28. The average Bonchev–Trinajstić information content (AvgIpc) is 3.38. The lowest BCUT2D eigenvalue weighted by molar-refractivity contribution is 0.629. The van der Waals surface area contributed by atoms with E-state index in [-0.39, 0.29) is 5.82 Å². The summed E-state index contributed by atoms with van der Waals surface area (Å²) in [6.07, 6.45) is 3.23. The van der Waals surface area contributed by atoms with Crippen LogP contribution in [0, 0.1) is 5.82 Å². The van der Waals surface area contributed by atoms with E-state index in [1.807, 2.05) is 12.1 Å². The first-order chi connectivity index (χ1) is 13.3. The molecule has 0 radical (unpaired) electrons. The first-order valence-electron chi connectivity index (χ1n) is 8.75. The Kier molecular flexibility index (Phi) is 3.94. The number of rotatable bonds is 3. The SMILES string of the molecule is Fc1ccccc1-c1nnc2ccc(N3CC=C(c4cccs4)CC3)nn12. The van der Waals surface area contributed by atoms with Crippen molar-refractivity contribution < 1.29 is 4.39 Å². The van der Waals surface area contributed by atoms with Crippen molar-refractivity contribution in [1.29, 1.82) is 0 Å². The Morgan fingerprint density at radius 1 is 1.00 bits per heavy atom. The molecule has 1 aliphatic heterocycles. The zero-order chi connectivity index (χ0) is 18.2. The average molecular weight is 377 g/mol. The van der Waals surface area contributed by atoms with E-state index in [9.17, 15) is 4.39 Å². The molecule has 7 heteroatoms. The third-order valence-corrected chi connectivity index (χ3v) is 5.68. The Morgan fingerprint density at radius 2 is 1.93 bits per heavy atom. The predicted octanol–water partition coefficient (Wildman–Crippen LogP) is 4.29. The second-order valence-corrected chi connectivity index (χ2v) is 7.32. The summed E-state index contributed by atoms with van der Waals surface area (Å²) in [6.45, 7) is 1.68.